The van der Waals surface area contributed by atoms with Crippen molar-refractivity contribution < 1.29 is 17.2 Å². The highest BCUT2D eigenvalue weighted by atomic mass is 32.2. The molecule has 3 N–H and O–H groups in total. The molecule has 2 rings (SSSR count). The van der Waals surface area contributed by atoms with E-state index in [1.165, 1.54) is 17.8 Å². The van der Waals surface area contributed by atoms with E-state index < -0.39 is 26.6 Å². The first kappa shape index (κ1) is 15.6. The Labute approximate surface area is 125 Å². The minimum atomic E-state index is -4.38. The Hall–Kier alpha value is -1.80. The smallest absolute Gasteiger partial charge is 0.267 e. The zero-order valence-electron chi connectivity index (χ0n) is 10.9. The molecule has 8 heteroatoms. The highest BCUT2D eigenvalue weighted by molar-refractivity contribution is 7.98. The number of nitrogens with two attached hydrogens (primary N) is 1. The summed E-state index contributed by atoms with van der Waals surface area (Å²) in [4.78, 5) is -0.236. The van der Waals surface area contributed by atoms with Crippen molar-refractivity contribution in [2.24, 2.45) is 0 Å². The molecule has 0 aromatic heterocycles. The fraction of sp³-hybridized carbons (Fsp3) is 0.0769. The van der Waals surface area contributed by atoms with Crippen LogP contribution >= 0.6 is 11.8 Å². The molecule has 0 aliphatic heterocycles. The molecule has 0 aliphatic carbocycles. The van der Waals surface area contributed by atoms with Crippen molar-refractivity contribution in [1.29, 1.82) is 0 Å². The quantitative estimate of drug-likeness (QED) is 0.667. The number of nitrogen functional groups attached to an aromatic ring is 1. The molecule has 0 saturated carbocycles. The van der Waals surface area contributed by atoms with Crippen LogP contribution in [0.1, 0.15) is 0 Å². The van der Waals surface area contributed by atoms with Crippen LogP contribution in [0, 0.1) is 11.6 Å². The standard InChI is InChI=1S/C13H12F2N2O2S2/c1-20-10-4-2-3-9(7-10)17-21(18,19)13-11(14)5-8(16)6-12(13)15/h2-7,17H,16H2,1H3. The van der Waals surface area contributed by atoms with E-state index in [1.807, 2.05) is 6.26 Å². The summed E-state index contributed by atoms with van der Waals surface area (Å²) in [5, 5.41) is 0. The maximum Gasteiger partial charge on any atom is 0.267 e. The first-order chi connectivity index (χ1) is 9.83. The third-order valence-electron chi connectivity index (χ3n) is 2.61. The average molecular weight is 330 g/mol. The molecule has 0 bridgehead atoms. The SMILES string of the molecule is CSc1cccc(NS(=O)(=O)c2c(F)cc(N)cc2F)c1. The molecule has 2 aromatic rings. The number of sulfonamides is 1. The average Bonchev–Trinajstić information content (AvgIpc) is 2.36. The van der Waals surface area contributed by atoms with Gasteiger partial charge in [-0.25, -0.2) is 17.2 Å². The van der Waals surface area contributed by atoms with Crippen molar-refractivity contribution in [3.05, 3.63) is 48.0 Å². The molecular weight excluding hydrogens is 318 g/mol. The van der Waals surface area contributed by atoms with E-state index in [1.54, 1.807) is 18.2 Å². The Morgan fingerprint density at radius 1 is 1.14 bits per heavy atom. The van der Waals surface area contributed by atoms with Gasteiger partial charge in [0.25, 0.3) is 10.0 Å². The van der Waals surface area contributed by atoms with Gasteiger partial charge in [-0.2, -0.15) is 0 Å². The van der Waals surface area contributed by atoms with E-state index in [2.05, 4.69) is 4.72 Å². The van der Waals surface area contributed by atoms with Gasteiger partial charge in [0.05, 0.1) is 0 Å². The van der Waals surface area contributed by atoms with Gasteiger partial charge in [0.1, 0.15) is 11.6 Å². The number of nitrogens with one attached hydrogen (secondary N) is 1. The van der Waals surface area contributed by atoms with Crippen LogP contribution in [-0.4, -0.2) is 14.7 Å². The maximum atomic E-state index is 13.7. The normalized spacial score (nSPS) is 11.4. The van der Waals surface area contributed by atoms with E-state index in [0.717, 1.165) is 17.0 Å². The lowest BCUT2D eigenvalue weighted by atomic mass is 10.3. The number of thioether (sulfide) groups is 1. The minimum Gasteiger partial charge on any atom is -0.399 e. The number of hydrogen-bond acceptors (Lipinski definition) is 4. The summed E-state index contributed by atoms with van der Waals surface area (Å²) in [5.41, 5.74) is 5.30. The molecule has 2 aromatic carbocycles. The summed E-state index contributed by atoms with van der Waals surface area (Å²) in [7, 11) is -4.38. The molecule has 0 saturated heterocycles. The van der Waals surface area contributed by atoms with Gasteiger partial charge in [-0.05, 0) is 36.6 Å². The van der Waals surface area contributed by atoms with Gasteiger partial charge in [0, 0.05) is 16.3 Å². The van der Waals surface area contributed by atoms with Crippen molar-refractivity contribution >= 4 is 33.2 Å². The fourth-order valence-corrected chi connectivity index (χ4v) is 3.36. The molecule has 4 nitrogen and oxygen atoms in total. The summed E-state index contributed by atoms with van der Waals surface area (Å²) >= 11 is 1.41. The predicted octanol–water partition coefficient (Wildman–Crippen LogP) is 3.07. The van der Waals surface area contributed by atoms with E-state index in [0.29, 0.717) is 0 Å². The van der Waals surface area contributed by atoms with Crippen LogP contribution in [0.2, 0.25) is 0 Å². The number of halogens is 2. The van der Waals surface area contributed by atoms with Crippen LogP contribution in [0.4, 0.5) is 20.2 Å². The lowest BCUT2D eigenvalue weighted by molar-refractivity contribution is 0.522. The Bertz CT molecular complexity index is 756. The monoisotopic (exact) mass is 330 g/mol. The third kappa shape index (κ3) is 3.45. The molecule has 0 amide bonds. The molecule has 0 heterocycles. The minimum absolute atomic E-state index is 0.187. The Morgan fingerprint density at radius 3 is 2.33 bits per heavy atom. The molecule has 0 atom stereocenters. The third-order valence-corrected chi connectivity index (χ3v) is 4.77. The Morgan fingerprint density at radius 2 is 1.76 bits per heavy atom. The van der Waals surface area contributed by atoms with Crippen LogP contribution in [0.5, 0.6) is 0 Å². The van der Waals surface area contributed by atoms with Gasteiger partial charge in [-0.15, -0.1) is 11.8 Å². The van der Waals surface area contributed by atoms with Gasteiger partial charge in [-0.3, -0.25) is 4.72 Å². The largest absolute Gasteiger partial charge is 0.399 e. The van der Waals surface area contributed by atoms with Crippen molar-refractivity contribution in [2.45, 2.75) is 9.79 Å². The summed E-state index contributed by atoms with van der Waals surface area (Å²) in [6.45, 7) is 0. The zero-order valence-corrected chi connectivity index (χ0v) is 12.6. The second-order valence-corrected chi connectivity index (χ2v) is 6.65. The molecule has 21 heavy (non-hydrogen) atoms. The molecule has 0 aliphatic rings. The second-order valence-electron chi connectivity index (χ2n) is 4.15. The molecule has 112 valence electrons. The van der Waals surface area contributed by atoms with Gasteiger partial charge in [-0.1, -0.05) is 6.07 Å². The van der Waals surface area contributed by atoms with Crippen molar-refractivity contribution in [3.63, 3.8) is 0 Å². The maximum absolute atomic E-state index is 13.7. The van der Waals surface area contributed by atoms with Crippen molar-refractivity contribution in [1.82, 2.24) is 0 Å². The number of rotatable bonds is 4. The predicted molar refractivity (Wildman–Crippen MR) is 79.8 cm³/mol. The van der Waals surface area contributed by atoms with E-state index >= 15 is 0 Å². The van der Waals surface area contributed by atoms with Crippen molar-refractivity contribution in [3.8, 4) is 0 Å². The highest BCUT2D eigenvalue weighted by Crippen LogP contribution is 2.25. The zero-order chi connectivity index (χ0) is 15.6. The lowest BCUT2D eigenvalue weighted by Crippen LogP contribution is -2.16. The fourth-order valence-electron chi connectivity index (χ4n) is 1.73. The number of anilines is 2. The second kappa shape index (κ2) is 5.90. The first-order valence-electron chi connectivity index (χ1n) is 5.75. The molecule has 0 spiro atoms. The highest BCUT2D eigenvalue weighted by Gasteiger charge is 2.24. The molecule has 0 unspecified atom stereocenters. The van der Waals surface area contributed by atoms with Gasteiger partial charge < -0.3 is 5.73 Å². The number of benzene rings is 2. The molecule has 0 radical (unpaired) electrons. The van der Waals surface area contributed by atoms with E-state index in [4.69, 9.17) is 5.73 Å². The van der Waals surface area contributed by atoms with E-state index in [-0.39, 0.29) is 11.4 Å². The van der Waals surface area contributed by atoms with Crippen LogP contribution in [0.25, 0.3) is 0 Å². The summed E-state index contributed by atoms with van der Waals surface area (Å²) in [6.07, 6.45) is 1.83. The van der Waals surface area contributed by atoms with Crippen LogP contribution in [-0.2, 0) is 10.0 Å². The topological polar surface area (TPSA) is 72.2 Å². The number of hydrogen-bond donors (Lipinski definition) is 2. The lowest BCUT2D eigenvalue weighted by Gasteiger charge is -2.11. The van der Waals surface area contributed by atoms with Crippen molar-refractivity contribution in [2.75, 3.05) is 16.7 Å². The summed E-state index contributed by atoms with van der Waals surface area (Å²) in [5.74, 6) is -2.47. The van der Waals surface area contributed by atoms with Gasteiger partial charge >= 0.3 is 0 Å². The van der Waals surface area contributed by atoms with E-state index in [9.17, 15) is 17.2 Å². The van der Waals surface area contributed by atoms with Crippen LogP contribution in [0.15, 0.2) is 46.2 Å². The molecular formula is C13H12F2N2O2S2. The summed E-state index contributed by atoms with van der Waals surface area (Å²) < 4.78 is 53.8. The van der Waals surface area contributed by atoms with Crippen LogP contribution in [0.3, 0.4) is 0 Å². The Balaban J connectivity index is 2.43. The van der Waals surface area contributed by atoms with Crippen LogP contribution < -0.4 is 10.5 Å². The van der Waals surface area contributed by atoms with Gasteiger partial charge in [0.2, 0.25) is 0 Å². The first-order valence-corrected chi connectivity index (χ1v) is 8.45. The molecule has 0 fully saturated rings. The van der Waals surface area contributed by atoms with Gasteiger partial charge in [0.15, 0.2) is 4.90 Å². The Kier molecular flexibility index (Phi) is 4.38. The summed E-state index contributed by atoms with van der Waals surface area (Å²) in [6, 6.07) is 8.00.